The van der Waals surface area contributed by atoms with Gasteiger partial charge in [0.1, 0.15) is 18.0 Å². The highest BCUT2D eigenvalue weighted by Gasteiger charge is 2.10. The van der Waals surface area contributed by atoms with E-state index in [1.807, 2.05) is 0 Å². The van der Waals surface area contributed by atoms with Crippen LogP contribution in [0.25, 0.3) is 0 Å². The molecule has 1 N–H and O–H groups in total. The summed E-state index contributed by atoms with van der Waals surface area (Å²) in [5.74, 6) is -0.627. The van der Waals surface area contributed by atoms with Gasteiger partial charge < -0.3 is 9.88 Å². The van der Waals surface area contributed by atoms with E-state index in [-0.39, 0.29) is 5.69 Å². The zero-order valence-electron chi connectivity index (χ0n) is 8.91. The third-order valence-electron chi connectivity index (χ3n) is 2.24. The molecule has 1 heterocycles. The van der Waals surface area contributed by atoms with Gasteiger partial charge in [0.15, 0.2) is 5.82 Å². The Morgan fingerprint density at radius 3 is 2.76 bits per heavy atom. The van der Waals surface area contributed by atoms with E-state index in [1.54, 1.807) is 17.9 Å². The van der Waals surface area contributed by atoms with E-state index in [0.717, 1.165) is 6.07 Å². The number of halogens is 3. The first-order chi connectivity index (χ1) is 8.08. The molecular formula is C10H9BrF2N4. The fourth-order valence-electron chi connectivity index (χ4n) is 1.35. The maximum atomic E-state index is 13.5. The Morgan fingerprint density at radius 2 is 2.18 bits per heavy atom. The van der Waals surface area contributed by atoms with Crippen LogP contribution in [0.1, 0.15) is 5.82 Å². The molecule has 2 rings (SSSR count). The minimum Gasteiger partial charge on any atom is -0.374 e. The molecule has 0 fully saturated rings. The number of rotatable bonds is 3. The zero-order chi connectivity index (χ0) is 12.4. The van der Waals surface area contributed by atoms with E-state index >= 15 is 0 Å². The van der Waals surface area contributed by atoms with Crippen LogP contribution in [0, 0.1) is 11.6 Å². The van der Waals surface area contributed by atoms with Crippen LogP contribution in [-0.2, 0) is 13.6 Å². The summed E-state index contributed by atoms with van der Waals surface area (Å²) in [5.41, 5.74) is 0.203. The van der Waals surface area contributed by atoms with Crippen LogP contribution in [0.5, 0.6) is 0 Å². The molecule has 1 aromatic carbocycles. The first kappa shape index (κ1) is 12.0. The predicted octanol–water partition coefficient (Wildman–Crippen LogP) is 2.47. The van der Waals surface area contributed by atoms with Gasteiger partial charge in [-0.3, -0.25) is 0 Å². The number of nitrogens with zero attached hydrogens (tertiary/aromatic N) is 3. The van der Waals surface area contributed by atoms with Crippen LogP contribution in [0.15, 0.2) is 22.9 Å². The van der Waals surface area contributed by atoms with Crippen molar-refractivity contribution in [3.8, 4) is 0 Å². The molecule has 0 unspecified atom stereocenters. The quantitative estimate of drug-likeness (QED) is 0.947. The third-order valence-corrected chi connectivity index (χ3v) is 2.86. The Balaban J connectivity index is 2.17. The fraction of sp³-hybridized carbons (Fsp3) is 0.200. The molecule has 0 bridgehead atoms. The molecule has 0 aliphatic heterocycles. The van der Waals surface area contributed by atoms with Crippen LogP contribution in [-0.4, -0.2) is 14.8 Å². The van der Waals surface area contributed by atoms with Gasteiger partial charge in [0, 0.05) is 17.6 Å². The van der Waals surface area contributed by atoms with Crippen molar-refractivity contribution in [2.45, 2.75) is 6.54 Å². The average Bonchev–Trinajstić information content (AvgIpc) is 2.62. The Hall–Kier alpha value is -1.50. The molecule has 0 spiro atoms. The number of aryl methyl sites for hydroxylation is 1. The van der Waals surface area contributed by atoms with E-state index in [9.17, 15) is 8.78 Å². The zero-order valence-corrected chi connectivity index (χ0v) is 10.5. The van der Waals surface area contributed by atoms with Gasteiger partial charge in [-0.1, -0.05) is 0 Å². The lowest BCUT2D eigenvalue weighted by molar-refractivity contribution is 0.583. The first-order valence-corrected chi connectivity index (χ1v) is 5.58. The van der Waals surface area contributed by atoms with Crippen molar-refractivity contribution in [3.05, 3.63) is 40.4 Å². The molecule has 1 aromatic heterocycles. The van der Waals surface area contributed by atoms with Crippen LogP contribution in [0.2, 0.25) is 0 Å². The summed E-state index contributed by atoms with van der Waals surface area (Å²) < 4.78 is 28.4. The minimum atomic E-state index is -0.654. The second kappa shape index (κ2) is 4.79. The van der Waals surface area contributed by atoms with E-state index < -0.39 is 11.6 Å². The Morgan fingerprint density at radius 1 is 1.41 bits per heavy atom. The summed E-state index contributed by atoms with van der Waals surface area (Å²) in [7, 11) is 1.78. The van der Waals surface area contributed by atoms with E-state index in [1.165, 1.54) is 6.07 Å². The van der Waals surface area contributed by atoms with Gasteiger partial charge in [0.2, 0.25) is 0 Å². The fourth-order valence-corrected chi connectivity index (χ4v) is 1.89. The topological polar surface area (TPSA) is 42.7 Å². The molecule has 0 saturated carbocycles. The first-order valence-electron chi connectivity index (χ1n) is 4.79. The summed E-state index contributed by atoms with van der Waals surface area (Å²) in [4.78, 5) is 0. The van der Waals surface area contributed by atoms with E-state index in [0.29, 0.717) is 16.8 Å². The molecule has 0 radical (unpaired) electrons. The highest BCUT2D eigenvalue weighted by Crippen LogP contribution is 2.27. The number of nitrogens with one attached hydrogen (secondary N) is 1. The number of aromatic nitrogens is 3. The number of hydrogen-bond donors (Lipinski definition) is 1. The van der Waals surface area contributed by atoms with Crippen molar-refractivity contribution in [1.82, 2.24) is 14.8 Å². The third kappa shape index (κ3) is 2.60. The highest BCUT2D eigenvalue weighted by atomic mass is 79.9. The largest absolute Gasteiger partial charge is 0.374 e. The molecule has 0 aliphatic rings. The van der Waals surface area contributed by atoms with Crippen molar-refractivity contribution >= 4 is 21.6 Å². The number of anilines is 1. The second-order valence-corrected chi connectivity index (χ2v) is 4.31. The summed E-state index contributed by atoms with van der Waals surface area (Å²) in [6.07, 6.45) is 1.55. The molecule has 90 valence electrons. The monoisotopic (exact) mass is 302 g/mol. The minimum absolute atomic E-state index is 0.203. The van der Waals surface area contributed by atoms with Crippen molar-refractivity contribution in [2.75, 3.05) is 5.32 Å². The van der Waals surface area contributed by atoms with Crippen molar-refractivity contribution < 1.29 is 8.78 Å². The Bertz CT molecular complexity index is 518. The van der Waals surface area contributed by atoms with Gasteiger partial charge in [-0.05, 0) is 22.0 Å². The molecule has 0 saturated heterocycles. The lowest BCUT2D eigenvalue weighted by Gasteiger charge is -2.09. The van der Waals surface area contributed by atoms with Gasteiger partial charge >= 0.3 is 0 Å². The van der Waals surface area contributed by atoms with Gasteiger partial charge in [-0.15, -0.1) is 10.2 Å². The molecule has 17 heavy (non-hydrogen) atoms. The highest BCUT2D eigenvalue weighted by molar-refractivity contribution is 9.10. The molecular weight excluding hydrogens is 294 g/mol. The van der Waals surface area contributed by atoms with Crippen molar-refractivity contribution in [2.24, 2.45) is 7.05 Å². The van der Waals surface area contributed by atoms with Crippen LogP contribution in [0.3, 0.4) is 0 Å². The van der Waals surface area contributed by atoms with Gasteiger partial charge in [0.05, 0.1) is 12.2 Å². The standard InChI is InChI=1S/C10H9BrF2N4/c1-17-5-15-16-9(17)4-14-10-7(11)2-6(12)3-8(10)13/h2-3,5,14H,4H2,1H3. The molecule has 2 aromatic rings. The number of benzene rings is 1. The van der Waals surface area contributed by atoms with Gasteiger partial charge in [-0.25, -0.2) is 8.78 Å². The Labute approximate surface area is 105 Å². The Kier molecular flexibility index (Phi) is 3.37. The summed E-state index contributed by atoms with van der Waals surface area (Å²) in [6, 6.07) is 2.02. The lowest BCUT2D eigenvalue weighted by Crippen LogP contribution is -2.07. The number of hydrogen-bond acceptors (Lipinski definition) is 3. The van der Waals surface area contributed by atoms with E-state index in [2.05, 4.69) is 31.4 Å². The molecule has 7 heteroatoms. The van der Waals surface area contributed by atoms with Crippen LogP contribution < -0.4 is 5.32 Å². The summed E-state index contributed by atoms with van der Waals surface area (Å²) in [5, 5.41) is 10.4. The molecule has 0 atom stereocenters. The predicted molar refractivity (Wildman–Crippen MR) is 62.4 cm³/mol. The molecule has 0 aliphatic carbocycles. The summed E-state index contributed by atoms with van der Waals surface area (Å²) >= 11 is 3.10. The van der Waals surface area contributed by atoms with Crippen molar-refractivity contribution in [1.29, 1.82) is 0 Å². The maximum absolute atomic E-state index is 13.5. The SMILES string of the molecule is Cn1cnnc1CNc1c(F)cc(F)cc1Br. The average molecular weight is 303 g/mol. The molecule has 4 nitrogen and oxygen atoms in total. The molecule has 0 amide bonds. The van der Waals surface area contributed by atoms with Crippen LogP contribution >= 0.6 is 15.9 Å². The lowest BCUT2D eigenvalue weighted by atomic mass is 10.3. The van der Waals surface area contributed by atoms with Crippen LogP contribution in [0.4, 0.5) is 14.5 Å². The van der Waals surface area contributed by atoms with Gasteiger partial charge in [0.25, 0.3) is 0 Å². The smallest absolute Gasteiger partial charge is 0.151 e. The van der Waals surface area contributed by atoms with Crippen molar-refractivity contribution in [3.63, 3.8) is 0 Å². The normalized spacial score (nSPS) is 10.6. The van der Waals surface area contributed by atoms with E-state index in [4.69, 9.17) is 0 Å². The second-order valence-electron chi connectivity index (χ2n) is 3.46. The van der Waals surface area contributed by atoms with Gasteiger partial charge in [-0.2, -0.15) is 0 Å². The summed E-state index contributed by atoms with van der Waals surface area (Å²) in [6.45, 7) is 0.303. The maximum Gasteiger partial charge on any atom is 0.151 e.